The second kappa shape index (κ2) is 9.18. The fourth-order valence-corrected chi connectivity index (χ4v) is 3.95. The highest BCUT2D eigenvalue weighted by atomic mass is 35.5. The van der Waals surface area contributed by atoms with Gasteiger partial charge in [0.25, 0.3) is 15.9 Å². The molecule has 2 aromatic carbocycles. The van der Waals surface area contributed by atoms with Gasteiger partial charge >= 0.3 is 0 Å². The molecule has 1 N–H and O–H groups in total. The average molecular weight is 450 g/mol. The number of hydrogen-bond donors (Lipinski definition) is 1. The molecule has 0 aliphatic rings. The molecular formula is C22H28ClN3O3S. The lowest BCUT2D eigenvalue weighted by atomic mass is 9.91. The minimum Gasteiger partial charge on any atom is -0.271 e. The summed E-state index contributed by atoms with van der Waals surface area (Å²) in [7, 11) is -4.00. The summed E-state index contributed by atoms with van der Waals surface area (Å²) >= 11 is 5.90. The molecule has 2 rings (SSSR count). The molecule has 0 saturated carbocycles. The molecule has 0 aliphatic carbocycles. The Bertz CT molecular complexity index is 1060. The molecule has 162 valence electrons. The normalized spacial score (nSPS) is 12.6. The summed E-state index contributed by atoms with van der Waals surface area (Å²) in [5, 5.41) is 4.55. The number of nitrogens with one attached hydrogen (secondary N) is 1. The van der Waals surface area contributed by atoms with Gasteiger partial charge < -0.3 is 0 Å². The Balaban J connectivity index is 2.42. The number of hydrazone groups is 1. The van der Waals surface area contributed by atoms with E-state index in [2.05, 4.69) is 10.5 Å². The Morgan fingerprint density at radius 1 is 1.07 bits per heavy atom. The third-order valence-corrected chi connectivity index (χ3v) is 6.94. The fraction of sp³-hybridized carbons (Fsp3) is 0.364. The number of aryl methyl sites for hydroxylation is 2. The molecule has 0 aliphatic heterocycles. The van der Waals surface area contributed by atoms with Crippen molar-refractivity contribution in [1.82, 2.24) is 5.43 Å². The second-order valence-electron chi connectivity index (χ2n) is 8.22. The first-order chi connectivity index (χ1) is 13.8. The van der Waals surface area contributed by atoms with Crippen molar-refractivity contribution in [2.24, 2.45) is 10.5 Å². The monoisotopic (exact) mass is 449 g/mol. The molecule has 0 saturated heterocycles. The quantitative estimate of drug-likeness (QED) is 0.513. The number of halogens is 1. The largest absolute Gasteiger partial charge is 0.271 e. The van der Waals surface area contributed by atoms with Crippen molar-refractivity contribution in [3.8, 4) is 0 Å². The standard InChI is InChI=1S/C22H28ClN3O3S/c1-15-7-10-19(13-16(15)2)26(14-21(27)25-24-17(3)22(4,5)6)30(28,29)20-11-8-18(23)9-12-20/h7-13H,14H2,1-6H3,(H,25,27)/b24-17-. The predicted octanol–water partition coefficient (Wildman–Crippen LogP) is 4.69. The molecule has 0 bridgehead atoms. The van der Waals surface area contributed by atoms with Crippen LogP contribution in [0.25, 0.3) is 0 Å². The van der Waals surface area contributed by atoms with Crippen molar-refractivity contribution in [1.29, 1.82) is 0 Å². The molecule has 0 radical (unpaired) electrons. The Kier molecular flexibility index (Phi) is 7.31. The van der Waals surface area contributed by atoms with E-state index < -0.39 is 22.5 Å². The van der Waals surface area contributed by atoms with Gasteiger partial charge in [-0.1, -0.05) is 38.4 Å². The lowest BCUT2D eigenvalue weighted by Crippen LogP contribution is -2.40. The number of rotatable bonds is 6. The summed E-state index contributed by atoms with van der Waals surface area (Å²) in [6.07, 6.45) is 0. The van der Waals surface area contributed by atoms with E-state index in [-0.39, 0.29) is 10.3 Å². The van der Waals surface area contributed by atoms with Gasteiger partial charge in [0.1, 0.15) is 6.54 Å². The van der Waals surface area contributed by atoms with Gasteiger partial charge in [0.05, 0.1) is 10.6 Å². The zero-order valence-electron chi connectivity index (χ0n) is 18.2. The average Bonchev–Trinajstić information content (AvgIpc) is 2.66. The van der Waals surface area contributed by atoms with E-state index in [1.54, 1.807) is 12.1 Å². The maximum absolute atomic E-state index is 13.3. The lowest BCUT2D eigenvalue weighted by Gasteiger charge is -2.25. The number of benzene rings is 2. The number of sulfonamides is 1. The number of anilines is 1. The molecule has 0 spiro atoms. The van der Waals surface area contributed by atoms with E-state index in [0.29, 0.717) is 10.7 Å². The summed E-state index contributed by atoms with van der Waals surface area (Å²) in [5.74, 6) is -0.533. The molecule has 6 nitrogen and oxygen atoms in total. The molecule has 8 heteroatoms. The molecule has 0 aromatic heterocycles. The first-order valence-corrected chi connectivity index (χ1v) is 11.3. The zero-order chi connectivity index (χ0) is 22.7. The molecule has 0 unspecified atom stereocenters. The van der Waals surface area contributed by atoms with Crippen molar-refractivity contribution in [3.05, 3.63) is 58.6 Å². The Morgan fingerprint density at radius 2 is 1.67 bits per heavy atom. The summed E-state index contributed by atoms with van der Waals surface area (Å²) in [6, 6.07) is 11.1. The van der Waals surface area contributed by atoms with Crippen LogP contribution >= 0.6 is 11.6 Å². The number of hydrogen-bond acceptors (Lipinski definition) is 4. The highest BCUT2D eigenvalue weighted by Crippen LogP contribution is 2.26. The van der Waals surface area contributed by atoms with Gasteiger partial charge in [-0.05, 0) is 68.3 Å². The fourth-order valence-electron chi connectivity index (χ4n) is 2.41. The minimum atomic E-state index is -4.00. The van der Waals surface area contributed by atoms with Gasteiger partial charge in [0.15, 0.2) is 0 Å². The van der Waals surface area contributed by atoms with E-state index in [1.807, 2.05) is 47.6 Å². The number of carbonyl (C=O) groups excluding carboxylic acids is 1. The van der Waals surface area contributed by atoms with E-state index in [1.165, 1.54) is 24.3 Å². The number of nitrogens with zero attached hydrogens (tertiary/aromatic N) is 2. The third-order valence-electron chi connectivity index (χ3n) is 4.90. The molecule has 0 atom stereocenters. The predicted molar refractivity (Wildman–Crippen MR) is 123 cm³/mol. The van der Waals surface area contributed by atoms with Crippen LogP contribution in [0.1, 0.15) is 38.8 Å². The molecule has 0 fully saturated rings. The summed E-state index contributed by atoms with van der Waals surface area (Å²) in [6.45, 7) is 11.2. The lowest BCUT2D eigenvalue weighted by molar-refractivity contribution is -0.119. The van der Waals surface area contributed by atoms with Crippen LogP contribution < -0.4 is 9.73 Å². The molecular weight excluding hydrogens is 422 g/mol. The van der Waals surface area contributed by atoms with Gasteiger partial charge in [-0.3, -0.25) is 9.10 Å². The summed E-state index contributed by atoms with van der Waals surface area (Å²) in [4.78, 5) is 12.6. The first kappa shape index (κ1) is 23.9. The molecule has 30 heavy (non-hydrogen) atoms. The van der Waals surface area contributed by atoms with Crippen molar-refractivity contribution in [2.75, 3.05) is 10.8 Å². The molecule has 2 aromatic rings. The van der Waals surface area contributed by atoms with Crippen LogP contribution in [-0.2, 0) is 14.8 Å². The maximum atomic E-state index is 13.3. The van der Waals surface area contributed by atoms with E-state index in [0.717, 1.165) is 21.1 Å². The van der Waals surface area contributed by atoms with Crippen molar-refractivity contribution in [2.45, 2.75) is 46.4 Å². The van der Waals surface area contributed by atoms with Crippen LogP contribution in [0.15, 0.2) is 52.5 Å². The van der Waals surface area contributed by atoms with E-state index in [4.69, 9.17) is 11.6 Å². The van der Waals surface area contributed by atoms with Crippen LogP contribution in [0, 0.1) is 19.3 Å². The van der Waals surface area contributed by atoms with Crippen LogP contribution in [0.3, 0.4) is 0 Å². The number of carbonyl (C=O) groups is 1. The minimum absolute atomic E-state index is 0.0484. The summed E-state index contributed by atoms with van der Waals surface area (Å²) in [5.41, 5.74) is 5.34. The van der Waals surface area contributed by atoms with Crippen LogP contribution in [0.2, 0.25) is 5.02 Å². The number of amides is 1. The van der Waals surface area contributed by atoms with Gasteiger partial charge in [-0.15, -0.1) is 0 Å². The smallest absolute Gasteiger partial charge is 0.264 e. The zero-order valence-corrected chi connectivity index (χ0v) is 19.7. The highest BCUT2D eigenvalue weighted by Gasteiger charge is 2.27. The Labute approximate surface area is 184 Å². The van der Waals surface area contributed by atoms with E-state index in [9.17, 15) is 13.2 Å². The molecule has 1 amide bonds. The Morgan fingerprint density at radius 3 is 2.20 bits per heavy atom. The van der Waals surface area contributed by atoms with Crippen molar-refractivity contribution >= 4 is 38.9 Å². The van der Waals surface area contributed by atoms with Gasteiger partial charge in [-0.25, -0.2) is 13.8 Å². The van der Waals surface area contributed by atoms with Crippen molar-refractivity contribution in [3.63, 3.8) is 0 Å². The maximum Gasteiger partial charge on any atom is 0.264 e. The van der Waals surface area contributed by atoms with Crippen LogP contribution in [0.4, 0.5) is 5.69 Å². The first-order valence-electron chi connectivity index (χ1n) is 9.51. The van der Waals surface area contributed by atoms with Crippen LogP contribution in [0.5, 0.6) is 0 Å². The van der Waals surface area contributed by atoms with Gasteiger partial charge in [0.2, 0.25) is 0 Å². The van der Waals surface area contributed by atoms with Crippen molar-refractivity contribution < 1.29 is 13.2 Å². The van der Waals surface area contributed by atoms with E-state index >= 15 is 0 Å². The highest BCUT2D eigenvalue weighted by molar-refractivity contribution is 7.92. The van der Waals surface area contributed by atoms with Gasteiger partial charge in [0, 0.05) is 16.1 Å². The SMILES string of the molecule is C/C(=N/NC(=O)CN(c1ccc(C)c(C)c1)S(=O)(=O)c1ccc(Cl)cc1)C(C)(C)C. The molecule has 0 heterocycles. The van der Waals surface area contributed by atoms with Gasteiger partial charge in [-0.2, -0.15) is 5.10 Å². The summed E-state index contributed by atoms with van der Waals surface area (Å²) < 4.78 is 27.8. The third kappa shape index (κ3) is 5.83. The second-order valence-corrected chi connectivity index (χ2v) is 10.5. The topological polar surface area (TPSA) is 78.8 Å². The van der Waals surface area contributed by atoms with Crippen LogP contribution in [-0.4, -0.2) is 26.6 Å². The Hall–Kier alpha value is -2.38.